The molecule has 2 rings (SSSR count). The number of hydrogen-bond donors (Lipinski definition) is 1. The van der Waals surface area contributed by atoms with Crippen molar-refractivity contribution in [3.8, 4) is 11.5 Å². The van der Waals surface area contributed by atoms with Crippen molar-refractivity contribution in [3.05, 3.63) is 34.7 Å². The van der Waals surface area contributed by atoms with Gasteiger partial charge in [0.15, 0.2) is 0 Å². The molecule has 0 bridgehead atoms. The van der Waals surface area contributed by atoms with E-state index in [0.29, 0.717) is 18.3 Å². The van der Waals surface area contributed by atoms with E-state index in [2.05, 4.69) is 15.5 Å². The Bertz CT molecular complexity index is 496. The Hall–Kier alpha value is -1.39. The third-order valence-corrected chi connectivity index (χ3v) is 2.62. The molecule has 1 aromatic carbocycles. The molecule has 0 saturated heterocycles. The van der Waals surface area contributed by atoms with Crippen LogP contribution >= 0.6 is 11.6 Å². The number of aryl methyl sites for hydroxylation is 1. The van der Waals surface area contributed by atoms with E-state index in [-0.39, 0.29) is 0 Å². The Morgan fingerprint density at radius 3 is 2.88 bits per heavy atom. The van der Waals surface area contributed by atoms with Crippen molar-refractivity contribution >= 4 is 11.6 Å². The van der Waals surface area contributed by atoms with Crippen molar-refractivity contribution in [2.75, 3.05) is 7.05 Å². The largest absolute Gasteiger partial charge is 0.419 e. The zero-order valence-electron chi connectivity index (χ0n) is 9.12. The molecule has 0 atom stereocenters. The molecule has 0 aliphatic carbocycles. The Morgan fingerprint density at radius 2 is 2.19 bits per heavy atom. The highest BCUT2D eigenvalue weighted by Crippen LogP contribution is 2.23. The van der Waals surface area contributed by atoms with Gasteiger partial charge in [-0.25, -0.2) is 0 Å². The van der Waals surface area contributed by atoms with E-state index < -0.39 is 0 Å². The summed E-state index contributed by atoms with van der Waals surface area (Å²) in [5, 5.41) is 11.6. The fourth-order valence-corrected chi connectivity index (χ4v) is 1.49. The summed E-state index contributed by atoms with van der Waals surface area (Å²) in [6, 6.07) is 5.62. The van der Waals surface area contributed by atoms with E-state index in [1.54, 1.807) is 0 Å². The third-order valence-electron chi connectivity index (χ3n) is 2.20. The topological polar surface area (TPSA) is 51.0 Å². The average Bonchev–Trinajstić information content (AvgIpc) is 2.71. The smallest absolute Gasteiger partial charge is 0.247 e. The number of nitrogens with one attached hydrogen (secondary N) is 1. The van der Waals surface area contributed by atoms with Crippen LogP contribution in [0.3, 0.4) is 0 Å². The Labute approximate surface area is 98.6 Å². The summed E-state index contributed by atoms with van der Waals surface area (Å²) in [4.78, 5) is 0. The van der Waals surface area contributed by atoms with Crippen LogP contribution in [0.4, 0.5) is 0 Å². The van der Waals surface area contributed by atoms with Gasteiger partial charge in [-0.15, -0.1) is 10.2 Å². The maximum Gasteiger partial charge on any atom is 0.247 e. The highest BCUT2D eigenvalue weighted by molar-refractivity contribution is 6.31. The van der Waals surface area contributed by atoms with E-state index in [1.807, 2.05) is 32.2 Å². The molecule has 0 spiro atoms. The van der Waals surface area contributed by atoms with Gasteiger partial charge in [-0.1, -0.05) is 11.6 Å². The van der Waals surface area contributed by atoms with Crippen molar-refractivity contribution in [1.82, 2.24) is 15.5 Å². The number of nitrogens with zero attached hydrogens (tertiary/aromatic N) is 2. The van der Waals surface area contributed by atoms with Gasteiger partial charge in [0.25, 0.3) is 0 Å². The fourth-order valence-electron chi connectivity index (χ4n) is 1.37. The van der Waals surface area contributed by atoms with E-state index in [9.17, 15) is 0 Å². The van der Waals surface area contributed by atoms with Crippen LogP contribution in [0.5, 0.6) is 0 Å². The summed E-state index contributed by atoms with van der Waals surface area (Å²) >= 11 is 5.95. The van der Waals surface area contributed by atoms with Crippen molar-refractivity contribution < 1.29 is 4.42 Å². The fraction of sp³-hybridized carbons (Fsp3) is 0.273. The minimum Gasteiger partial charge on any atom is -0.419 e. The highest BCUT2D eigenvalue weighted by atomic mass is 35.5. The summed E-state index contributed by atoms with van der Waals surface area (Å²) in [6.07, 6.45) is 0. The normalized spacial score (nSPS) is 10.7. The van der Waals surface area contributed by atoms with Crippen molar-refractivity contribution in [2.45, 2.75) is 13.5 Å². The molecule has 5 heteroatoms. The number of aromatic nitrogens is 2. The van der Waals surface area contributed by atoms with Gasteiger partial charge in [0.2, 0.25) is 11.8 Å². The van der Waals surface area contributed by atoms with E-state index in [4.69, 9.17) is 16.0 Å². The summed E-state index contributed by atoms with van der Waals surface area (Å²) in [6.45, 7) is 2.51. The molecule has 0 amide bonds. The van der Waals surface area contributed by atoms with E-state index in [1.165, 1.54) is 0 Å². The molecule has 84 valence electrons. The lowest BCUT2D eigenvalue weighted by atomic mass is 10.1. The van der Waals surface area contributed by atoms with Crippen LogP contribution in [0, 0.1) is 6.92 Å². The minimum absolute atomic E-state index is 0.519. The summed E-state index contributed by atoms with van der Waals surface area (Å²) in [7, 11) is 1.83. The van der Waals surface area contributed by atoms with Crippen molar-refractivity contribution in [2.24, 2.45) is 0 Å². The number of benzene rings is 1. The maximum atomic E-state index is 5.95. The molecule has 1 aromatic heterocycles. The first kappa shape index (κ1) is 11.1. The van der Waals surface area contributed by atoms with Crippen LogP contribution in [0.1, 0.15) is 11.5 Å². The van der Waals surface area contributed by atoms with Gasteiger partial charge in [0.1, 0.15) is 0 Å². The lowest BCUT2D eigenvalue weighted by molar-refractivity contribution is 0.490. The molecule has 2 aromatic rings. The predicted octanol–water partition coefficient (Wildman–Crippen LogP) is 2.42. The van der Waals surface area contributed by atoms with Gasteiger partial charge >= 0.3 is 0 Å². The summed E-state index contributed by atoms with van der Waals surface area (Å²) < 4.78 is 5.48. The van der Waals surface area contributed by atoms with Crippen LogP contribution in [-0.2, 0) is 6.54 Å². The van der Waals surface area contributed by atoms with Crippen LogP contribution in [0.2, 0.25) is 5.02 Å². The summed E-state index contributed by atoms with van der Waals surface area (Å²) in [5.41, 5.74) is 1.88. The van der Waals surface area contributed by atoms with Gasteiger partial charge in [-0.2, -0.15) is 0 Å². The second kappa shape index (κ2) is 4.63. The quantitative estimate of drug-likeness (QED) is 0.891. The molecular weight excluding hydrogens is 226 g/mol. The minimum atomic E-state index is 0.519. The second-order valence-electron chi connectivity index (χ2n) is 3.50. The molecule has 1 N–H and O–H groups in total. The van der Waals surface area contributed by atoms with Crippen molar-refractivity contribution in [1.29, 1.82) is 0 Å². The Balaban J connectivity index is 2.31. The zero-order chi connectivity index (χ0) is 11.5. The molecule has 4 nitrogen and oxygen atoms in total. The molecule has 0 aliphatic heterocycles. The first-order valence-electron chi connectivity index (χ1n) is 4.94. The van der Waals surface area contributed by atoms with Gasteiger partial charge in [-0.3, -0.25) is 0 Å². The van der Waals surface area contributed by atoms with E-state index >= 15 is 0 Å². The van der Waals surface area contributed by atoms with Crippen LogP contribution < -0.4 is 5.32 Å². The van der Waals surface area contributed by atoms with Gasteiger partial charge in [-0.05, 0) is 37.7 Å². The first-order valence-corrected chi connectivity index (χ1v) is 5.32. The molecule has 0 saturated carbocycles. The van der Waals surface area contributed by atoms with Gasteiger partial charge in [0, 0.05) is 10.6 Å². The lowest BCUT2D eigenvalue weighted by Gasteiger charge is -1.99. The van der Waals surface area contributed by atoms with E-state index in [0.717, 1.165) is 16.1 Å². The van der Waals surface area contributed by atoms with Crippen LogP contribution in [0.25, 0.3) is 11.5 Å². The van der Waals surface area contributed by atoms with Gasteiger partial charge in [0.05, 0.1) is 6.54 Å². The monoisotopic (exact) mass is 237 g/mol. The number of hydrogen-bond acceptors (Lipinski definition) is 4. The van der Waals surface area contributed by atoms with Crippen molar-refractivity contribution in [3.63, 3.8) is 0 Å². The Kier molecular flexibility index (Phi) is 3.22. The summed E-state index contributed by atoms with van der Waals surface area (Å²) in [5.74, 6) is 1.09. The lowest BCUT2D eigenvalue weighted by Crippen LogP contribution is -2.04. The standard InChI is InChI=1S/C11H12ClN3O/c1-7-5-8(3-4-9(7)12)11-15-14-10(16-11)6-13-2/h3-5,13H,6H2,1-2H3. The molecule has 0 fully saturated rings. The molecule has 1 heterocycles. The van der Waals surface area contributed by atoms with Crippen LogP contribution in [-0.4, -0.2) is 17.2 Å². The first-order chi connectivity index (χ1) is 7.70. The maximum absolute atomic E-state index is 5.95. The molecule has 0 unspecified atom stereocenters. The van der Waals surface area contributed by atoms with Crippen LogP contribution in [0.15, 0.2) is 22.6 Å². The average molecular weight is 238 g/mol. The predicted molar refractivity (Wildman–Crippen MR) is 62.2 cm³/mol. The third kappa shape index (κ3) is 2.23. The molecular formula is C11H12ClN3O. The van der Waals surface area contributed by atoms with Gasteiger partial charge < -0.3 is 9.73 Å². The zero-order valence-corrected chi connectivity index (χ0v) is 9.88. The number of halogens is 1. The SMILES string of the molecule is CNCc1nnc(-c2ccc(Cl)c(C)c2)o1. The molecule has 16 heavy (non-hydrogen) atoms. The second-order valence-corrected chi connectivity index (χ2v) is 3.90. The number of rotatable bonds is 3. The molecule has 0 radical (unpaired) electrons. The Morgan fingerprint density at radius 1 is 1.38 bits per heavy atom. The highest BCUT2D eigenvalue weighted by Gasteiger charge is 2.08. The molecule has 0 aliphatic rings.